The van der Waals surface area contributed by atoms with Crippen molar-refractivity contribution >= 4 is 10.9 Å². The fraction of sp³-hybridized carbons (Fsp3) is 0.529. The molecule has 1 aliphatic rings. The number of aromatic nitrogens is 1. The largest absolute Gasteiger partial charge is 0.356 e. The molecule has 0 saturated carbocycles. The summed E-state index contributed by atoms with van der Waals surface area (Å²) < 4.78 is 41.5. The van der Waals surface area contributed by atoms with Crippen LogP contribution in [0.3, 0.4) is 0 Å². The number of aromatic amines is 1. The maximum atomic E-state index is 14.1. The third-order valence-corrected chi connectivity index (χ3v) is 5.32. The van der Waals surface area contributed by atoms with Crippen LogP contribution in [0.25, 0.3) is 10.9 Å². The highest BCUT2D eigenvalue weighted by Gasteiger charge is 2.34. The fourth-order valence-electron chi connectivity index (χ4n) is 3.44. The molecule has 0 bridgehead atoms. The summed E-state index contributed by atoms with van der Waals surface area (Å²) in [5.41, 5.74) is 1.87. The van der Waals surface area contributed by atoms with Crippen molar-refractivity contribution in [2.75, 3.05) is 0 Å². The van der Waals surface area contributed by atoms with Gasteiger partial charge >= 0.3 is 0 Å². The highest BCUT2D eigenvalue weighted by Crippen LogP contribution is 2.42. The lowest BCUT2D eigenvalue weighted by molar-refractivity contribution is 0.183. The second kappa shape index (κ2) is 4.79. The Balaban J connectivity index is 2.15. The summed E-state index contributed by atoms with van der Waals surface area (Å²) in [6.07, 6.45) is 3.46. The molecule has 1 aromatic heterocycles. The Morgan fingerprint density at radius 3 is 2.62 bits per heavy atom. The first-order valence-corrected chi connectivity index (χ1v) is 7.52. The molecule has 4 heteroatoms. The Morgan fingerprint density at radius 2 is 1.95 bits per heavy atom. The Bertz CT molecular complexity index is 700. The van der Waals surface area contributed by atoms with Crippen molar-refractivity contribution < 1.29 is 13.2 Å². The molecule has 0 saturated heterocycles. The van der Waals surface area contributed by atoms with Crippen LogP contribution in [0.4, 0.5) is 13.2 Å². The van der Waals surface area contributed by atoms with E-state index in [2.05, 4.69) is 25.8 Å². The van der Waals surface area contributed by atoms with Gasteiger partial charge in [-0.05, 0) is 36.2 Å². The summed E-state index contributed by atoms with van der Waals surface area (Å²) >= 11 is 0. The molecule has 0 radical (unpaired) electrons. The summed E-state index contributed by atoms with van der Waals surface area (Å²) in [6, 6.07) is 0.618. The summed E-state index contributed by atoms with van der Waals surface area (Å²) in [6.45, 7) is 6.55. The molecule has 1 aliphatic carbocycles. The van der Waals surface area contributed by atoms with Crippen LogP contribution >= 0.6 is 0 Å². The number of rotatable bonds is 2. The van der Waals surface area contributed by atoms with E-state index < -0.39 is 17.5 Å². The SMILES string of the molecule is CCC(C)(C)C1CCc2[nH]c3c(F)cc(F)c(F)c3c2C1. The van der Waals surface area contributed by atoms with Crippen LogP contribution in [-0.2, 0) is 12.8 Å². The van der Waals surface area contributed by atoms with Gasteiger partial charge in [-0.25, -0.2) is 13.2 Å². The lowest BCUT2D eigenvalue weighted by atomic mass is 9.69. The lowest BCUT2D eigenvalue weighted by Gasteiger charge is -2.36. The van der Waals surface area contributed by atoms with Crippen molar-refractivity contribution in [1.82, 2.24) is 4.98 Å². The molecule has 0 fully saturated rings. The Hall–Kier alpha value is -1.45. The van der Waals surface area contributed by atoms with E-state index in [0.29, 0.717) is 18.4 Å². The standard InChI is InChI=1S/C17H20F3N/c1-4-17(2,3)9-5-6-13-10(7-9)14-15(20)11(18)8-12(19)16(14)21-13/h8-9,21H,4-7H2,1-3H3. The van der Waals surface area contributed by atoms with Crippen molar-refractivity contribution in [3.05, 3.63) is 34.8 Å². The van der Waals surface area contributed by atoms with Crippen LogP contribution in [0.1, 0.15) is 44.9 Å². The predicted molar refractivity (Wildman–Crippen MR) is 77.8 cm³/mol. The van der Waals surface area contributed by atoms with Crippen molar-refractivity contribution in [1.29, 1.82) is 0 Å². The number of fused-ring (bicyclic) bond motifs is 3. The van der Waals surface area contributed by atoms with Crippen LogP contribution < -0.4 is 0 Å². The smallest absolute Gasteiger partial charge is 0.168 e. The first-order chi connectivity index (χ1) is 9.85. The van der Waals surface area contributed by atoms with Gasteiger partial charge in [-0.1, -0.05) is 27.2 Å². The number of hydrogen-bond donors (Lipinski definition) is 1. The average Bonchev–Trinajstić information content (AvgIpc) is 2.84. The van der Waals surface area contributed by atoms with Gasteiger partial charge in [0.15, 0.2) is 11.6 Å². The molecular weight excluding hydrogens is 275 g/mol. The number of benzene rings is 1. The summed E-state index contributed by atoms with van der Waals surface area (Å²) in [5, 5.41) is 0.110. The third kappa shape index (κ3) is 2.16. The quantitative estimate of drug-likeness (QED) is 0.740. The highest BCUT2D eigenvalue weighted by atomic mass is 19.2. The highest BCUT2D eigenvalue weighted by molar-refractivity contribution is 5.86. The molecule has 1 nitrogen and oxygen atoms in total. The monoisotopic (exact) mass is 295 g/mol. The average molecular weight is 295 g/mol. The number of H-pyrrole nitrogens is 1. The molecule has 1 unspecified atom stereocenters. The molecule has 0 aliphatic heterocycles. The van der Waals surface area contributed by atoms with E-state index in [1.165, 1.54) is 0 Å². The number of nitrogens with one attached hydrogen (secondary N) is 1. The van der Waals surface area contributed by atoms with Gasteiger partial charge in [-0.2, -0.15) is 0 Å². The second-order valence-corrected chi connectivity index (χ2v) is 6.77. The maximum absolute atomic E-state index is 14.1. The van der Waals surface area contributed by atoms with E-state index in [-0.39, 0.29) is 16.3 Å². The Kier molecular flexibility index (Phi) is 3.30. The fourth-order valence-corrected chi connectivity index (χ4v) is 3.44. The van der Waals surface area contributed by atoms with E-state index in [0.717, 1.165) is 30.5 Å². The van der Waals surface area contributed by atoms with E-state index >= 15 is 0 Å². The van der Waals surface area contributed by atoms with Gasteiger partial charge in [0.05, 0.1) is 5.52 Å². The normalized spacial score (nSPS) is 19.0. The van der Waals surface area contributed by atoms with E-state index in [1.54, 1.807) is 0 Å². The predicted octanol–water partition coefficient (Wildman–Crippen LogP) is 5.13. The van der Waals surface area contributed by atoms with Crippen LogP contribution in [0.5, 0.6) is 0 Å². The van der Waals surface area contributed by atoms with Crippen molar-refractivity contribution in [3.63, 3.8) is 0 Å². The van der Waals surface area contributed by atoms with Gasteiger partial charge in [0.1, 0.15) is 5.82 Å². The number of halogens is 3. The van der Waals surface area contributed by atoms with Crippen molar-refractivity contribution in [3.8, 4) is 0 Å². The molecule has 21 heavy (non-hydrogen) atoms. The van der Waals surface area contributed by atoms with Gasteiger partial charge in [-0.3, -0.25) is 0 Å². The molecule has 1 heterocycles. The van der Waals surface area contributed by atoms with Crippen molar-refractivity contribution in [2.45, 2.75) is 46.5 Å². The van der Waals surface area contributed by atoms with Crippen molar-refractivity contribution in [2.24, 2.45) is 11.3 Å². The topological polar surface area (TPSA) is 15.8 Å². The minimum Gasteiger partial charge on any atom is -0.356 e. The molecule has 0 spiro atoms. The molecule has 0 amide bonds. The molecular formula is C17H20F3N. The third-order valence-electron chi connectivity index (χ3n) is 5.32. The van der Waals surface area contributed by atoms with Gasteiger partial charge in [0, 0.05) is 17.1 Å². The van der Waals surface area contributed by atoms with Gasteiger partial charge < -0.3 is 4.98 Å². The Morgan fingerprint density at radius 1 is 1.24 bits per heavy atom. The lowest BCUT2D eigenvalue weighted by Crippen LogP contribution is -2.28. The molecule has 3 rings (SSSR count). The molecule has 1 N–H and O–H groups in total. The van der Waals surface area contributed by atoms with E-state index in [1.807, 2.05) is 0 Å². The van der Waals surface area contributed by atoms with Gasteiger partial charge in [0.2, 0.25) is 0 Å². The minimum atomic E-state index is -1.11. The number of hydrogen-bond acceptors (Lipinski definition) is 0. The first-order valence-electron chi connectivity index (χ1n) is 7.52. The first kappa shape index (κ1) is 14.5. The zero-order valence-electron chi connectivity index (χ0n) is 12.6. The summed E-state index contributed by atoms with van der Waals surface area (Å²) in [7, 11) is 0. The molecule has 2 aromatic rings. The van der Waals surface area contributed by atoms with Crippen LogP contribution in [-0.4, -0.2) is 4.98 Å². The Labute approximate surface area is 122 Å². The zero-order valence-corrected chi connectivity index (χ0v) is 12.6. The summed E-state index contributed by atoms with van der Waals surface area (Å²) in [4.78, 5) is 2.96. The van der Waals surface area contributed by atoms with Gasteiger partial charge in [-0.15, -0.1) is 0 Å². The maximum Gasteiger partial charge on any atom is 0.168 e. The van der Waals surface area contributed by atoms with Crippen LogP contribution in [0.2, 0.25) is 0 Å². The molecule has 114 valence electrons. The van der Waals surface area contributed by atoms with Crippen LogP contribution in [0.15, 0.2) is 6.07 Å². The number of aryl methyl sites for hydroxylation is 1. The van der Waals surface area contributed by atoms with Crippen LogP contribution in [0, 0.1) is 28.8 Å². The second-order valence-electron chi connectivity index (χ2n) is 6.77. The van der Waals surface area contributed by atoms with Gasteiger partial charge in [0.25, 0.3) is 0 Å². The summed E-state index contributed by atoms with van der Waals surface area (Å²) in [5.74, 6) is -2.36. The molecule has 1 atom stereocenters. The zero-order chi connectivity index (χ0) is 15.4. The van der Waals surface area contributed by atoms with E-state index in [9.17, 15) is 13.2 Å². The van der Waals surface area contributed by atoms with E-state index in [4.69, 9.17) is 0 Å². The minimum absolute atomic E-state index is 0.105. The molecule has 1 aromatic carbocycles.